The summed E-state index contributed by atoms with van der Waals surface area (Å²) in [5.74, 6) is 1.38. The van der Waals surface area contributed by atoms with Gasteiger partial charge in [0.05, 0.1) is 24.8 Å². The summed E-state index contributed by atoms with van der Waals surface area (Å²) in [5.41, 5.74) is 2.57. The number of fused-ring (bicyclic) bond motifs is 1. The van der Waals surface area contributed by atoms with E-state index in [1.54, 1.807) is 43.7 Å². The van der Waals surface area contributed by atoms with Crippen LogP contribution in [0.25, 0.3) is 34.1 Å². The first-order chi connectivity index (χ1) is 15.5. The molecule has 4 aromatic rings. The predicted octanol–water partition coefficient (Wildman–Crippen LogP) is 4.09. The van der Waals surface area contributed by atoms with E-state index >= 15 is 0 Å². The second kappa shape index (κ2) is 9.48. The van der Waals surface area contributed by atoms with Gasteiger partial charge >= 0.3 is 6.09 Å². The Labute approximate surface area is 184 Å². The summed E-state index contributed by atoms with van der Waals surface area (Å²) in [6, 6.07) is 8.87. The normalized spacial score (nSPS) is 11.1. The van der Waals surface area contributed by atoms with Gasteiger partial charge in [0, 0.05) is 19.2 Å². The van der Waals surface area contributed by atoms with E-state index in [-0.39, 0.29) is 6.61 Å². The third-order valence-corrected chi connectivity index (χ3v) is 4.53. The van der Waals surface area contributed by atoms with E-state index in [1.165, 1.54) is 0 Å². The maximum absolute atomic E-state index is 12.0. The van der Waals surface area contributed by atoms with Crippen molar-refractivity contribution in [2.24, 2.45) is 0 Å². The van der Waals surface area contributed by atoms with Crippen molar-refractivity contribution in [2.45, 2.75) is 6.92 Å². The molecule has 0 saturated heterocycles. The Balaban J connectivity index is 1.85. The Morgan fingerprint density at radius 1 is 1.06 bits per heavy atom. The van der Waals surface area contributed by atoms with Crippen molar-refractivity contribution in [3.05, 3.63) is 42.9 Å². The van der Waals surface area contributed by atoms with Gasteiger partial charge in [-0.1, -0.05) is 0 Å². The number of likely N-dealkylation sites (N-methyl/N-ethyl adjacent to an activating group) is 1. The number of rotatable bonds is 8. The molecule has 0 saturated carbocycles. The standard InChI is InChI=1S/C22H24N6O4/c1-4-30-22(29)25-17-13-14(23-9-10-28(2)3)18-21(24-17)27-20(16-8-6-12-32-16)19(26-18)15-7-5-11-31-15/h5-8,11-13H,4,9-10H2,1-3H3,(H2,23,24,25,27,29). The maximum Gasteiger partial charge on any atom is 0.412 e. The van der Waals surface area contributed by atoms with Gasteiger partial charge in [-0.05, 0) is 45.3 Å². The van der Waals surface area contributed by atoms with Crippen LogP contribution in [0, 0.1) is 0 Å². The third-order valence-electron chi connectivity index (χ3n) is 4.53. The van der Waals surface area contributed by atoms with E-state index in [9.17, 15) is 4.79 Å². The predicted molar refractivity (Wildman–Crippen MR) is 120 cm³/mol. The summed E-state index contributed by atoms with van der Waals surface area (Å²) in [6.07, 6.45) is 2.55. The number of aromatic nitrogens is 3. The van der Waals surface area contributed by atoms with Gasteiger partial charge in [0.15, 0.2) is 17.2 Å². The molecule has 0 fully saturated rings. The van der Waals surface area contributed by atoms with Crippen LogP contribution in [0.5, 0.6) is 0 Å². The number of carbonyl (C=O) groups is 1. The third kappa shape index (κ3) is 4.70. The van der Waals surface area contributed by atoms with Crippen molar-refractivity contribution in [3.63, 3.8) is 0 Å². The molecule has 0 aromatic carbocycles. The minimum absolute atomic E-state index is 0.252. The average molecular weight is 436 g/mol. The van der Waals surface area contributed by atoms with Gasteiger partial charge in [-0.25, -0.2) is 19.7 Å². The molecular weight excluding hydrogens is 412 g/mol. The van der Waals surface area contributed by atoms with E-state index in [1.807, 2.05) is 20.2 Å². The summed E-state index contributed by atoms with van der Waals surface area (Å²) in [4.78, 5) is 28.1. The van der Waals surface area contributed by atoms with E-state index < -0.39 is 6.09 Å². The number of nitrogens with one attached hydrogen (secondary N) is 2. The number of hydrogen-bond donors (Lipinski definition) is 2. The number of anilines is 2. The summed E-state index contributed by atoms with van der Waals surface area (Å²) in [7, 11) is 3.98. The van der Waals surface area contributed by atoms with Crippen LogP contribution >= 0.6 is 0 Å². The summed E-state index contributed by atoms with van der Waals surface area (Å²) in [6.45, 7) is 3.44. The number of nitrogens with zero attached hydrogens (tertiary/aromatic N) is 4. The molecule has 166 valence electrons. The second-order valence-electron chi connectivity index (χ2n) is 7.18. The van der Waals surface area contributed by atoms with Crippen molar-refractivity contribution in [3.8, 4) is 22.9 Å². The number of pyridine rings is 1. The molecule has 1 amide bonds. The Morgan fingerprint density at radius 2 is 1.75 bits per heavy atom. The fraction of sp³-hybridized carbons (Fsp3) is 0.273. The molecule has 0 radical (unpaired) electrons. The molecule has 0 spiro atoms. The average Bonchev–Trinajstić information content (AvgIpc) is 3.47. The molecule has 0 atom stereocenters. The van der Waals surface area contributed by atoms with Gasteiger partial charge in [0.25, 0.3) is 0 Å². The van der Waals surface area contributed by atoms with E-state index in [0.29, 0.717) is 52.1 Å². The molecule has 10 heteroatoms. The molecule has 32 heavy (non-hydrogen) atoms. The fourth-order valence-electron chi connectivity index (χ4n) is 3.09. The van der Waals surface area contributed by atoms with Gasteiger partial charge in [-0.3, -0.25) is 5.32 Å². The molecule has 0 unspecified atom stereocenters. The van der Waals surface area contributed by atoms with Gasteiger partial charge < -0.3 is 23.8 Å². The van der Waals surface area contributed by atoms with Crippen LogP contribution in [0.2, 0.25) is 0 Å². The van der Waals surface area contributed by atoms with Crippen LogP contribution in [0.15, 0.2) is 51.7 Å². The minimum Gasteiger partial charge on any atom is -0.463 e. The van der Waals surface area contributed by atoms with Gasteiger partial charge in [0.1, 0.15) is 22.7 Å². The Morgan fingerprint density at radius 3 is 2.34 bits per heavy atom. The molecule has 0 aliphatic rings. The van der Waals surface area contributed by atoms with Gasteiger partial charge in [-0.2, -0.15) is 0 Å². The molecule has 2 N–H and O–H groups in total. The Hall–Kier alpha value is -3.92. The van der Waals surface area contributed by atoms with Gasteiger partial charge in [0.2, 0.25) is 0 Å². The van der Waals surface area contributed by atoms with Crippen LogP contribution in [0.4, 0.5) is 16.3 Å². The Bertz CT molecular complexity index is 1190. The highest BCUT2D eigenvalue weighted by molar-refractivity contribution is 5.93. The first-order valence-corrected chi connectivity index (χ1v) is 10.2. The topological polar surface area (TPSA) is 119 Å². The molecule has 0 aliphatic carbocycles. The molecular formula is C22H24N6O4. The highest BCUT2D eigenvalue weighted by atomic mass is 16.5. The van der Waals surface area contributed by atoms with Crippen molar-refractivity contribution < 1.29 is 18.4 Å². The number of furan rings is 2. The van der Waals surface area contributed by atoms with Crippen LogP contribution in [-0.2, 0) is 4.74 Å². The van der Waals surface area contributed by atoms with E-state index in [0.717, 1.165) is 6.54 Å². The lowest BCUT2D eigenvalue weighted by Gasteiger charge is -2.15. The van der Waals surface area contributed by atoms with Crippen molar-refractivity contribution in [2.75, 3.05) is 44.4 Å². The zero-order valence-corrected chi connectivity index (χ0v) is 18.1. The summed E-state index contributed by atoms with van der Waals surface area (Å²) >= 11 is 0. The molecule has 4 heterocycles. The first-order valence-electron chi connectivity index (χ1n) is 10.2. The van der Waals surface area contributed by atoms with E-state index in [4.69, 9.17) is 23.5 Å². The SMILES string of the molecule is CCOC(=O)Nc1cc(NCCN(C)C)c2nc(-c3ccco3)c(-c3ccco3)nc2n1. The Kier molecular flexibility index (Phi) is 6.31. The van der Waals surface area contributed by atoms with E-state index in [2.05, 4.69) is 20.5 Å². The highest BCUT2D eigenvalue weighted by Crippen LogP contribution is 2.33. The summed E-state index contributed by atoms with van der Waals surface area (Å²) < 4.78 is 16.2. The first kappa shape index (κ1) is 21.3. The van der Waals surface area contributed by atoms with Crippen LogP contribution in [0.1, 0.15) is 6.92 Å². The molecule has 0 aliphatic heterocycles. The smallest absolute Gasteiger partial charge is 0.412 e. The van der Waals surface area contributed by atoms with Gasteiger partial charge in [-0.15, -0.1) is 0 Å². The maximum atomic E-state index is 12.0. The molecule has 0 bridgehead atoms. The lowest BCUT2D eigenvalue weighted by Crippen LogP contribution is -2.21. The minimum atomic E-state index is -0.593. The van der Waals surface area contributed by atoms with Crippen molar-refractivity contribution >= 4 is 28.8 Å². The fourth-order valence-corrected chi connectivity index (χ4v) is 3.09. The number of amides is 1. The second-order valence-corrected chi connectivity index (χ2v) is 7.18. The van der Waals surface area contributed by atoms with Crippen LogP contribution < -0.4 is 10.6 Å². The monoisotopic (exact) mass is 436 g/mol. The largest absolute Gasteiger partial charge is 0.463 e. The lowest BCUT2D eigenvalue weighted by atomic mass is 10.2. The van der Waals surface area contributed by atoms with Crippen LogP contribution in [-0.4, -0.2) is 59.7 Å². The number of carbonyl (C=O) groups excluding carboxylic acids is 1. The summed E-state index contributed by atoms with van der Waals surface area (Å²) in [5, 5.41) is 6.00. The molecule has 4 aromatic heterocycles. The number of hydrogen-bond acceptors (Lipinski definition) is 9. The molecule has 10 nitrogen and oxygen atoms in total. The quantitative estimate of drug-likeness (QED) is 0.421. The van der Waals surface area contributed by atoms with Crippen molar-refractivity contribution in [1.29, 1.82) is 0 Å². The van der Waals surface area contributed by atoms with Crippen molar-refractivity contribution in [1.82, 2.24) is 19.9 Å². The highest BCUT2D eigenvalue weighted by Gasteiger charge is 2.20. The number of ether oxygens (including phenoxy) is 1. The zero-order valence-electron chi connectivity index (χ0n) is 18.1. The molecule has 4 rings (SSSR count). The lowest BCUT2D eigenvalue weighted by molar-refractivity contribution is 0.168. The van der Waals surface area contributed by atoms with Crippen LogP contribution in [0.3, 0.4) is 0 Å². The zero-order chi connectivity index (χ0) is 22.5.